The predicted molar refractivity (Wildman–Crippen MR) is 95.0 cm³/mol. The van der Waals surface area contributed by atoms with E-state index < -0.39 is 5.97 Å². The van der Waals surface area contributed by atoms with E-state index in [1.807, 2.05) is 32.0 Å². The van der Waals surface area contributed by atoms with Gasteiger partial charge in [0, 0.05) is 10.3 Å². The quantitative estimate of drug-likeness (QED) is 0.567. The number of aryl methyl sites for hydroxylation is 2. The van der Waals surface area contributed by atoms with Crippen LogP contribution in [0.25, 0.3) is 21.2 Å². The molecule has 0 amide bonds. The number of aromatic amines is 1. The molecule has 4 rings (SSSR count). The Kier molecular flexibility index (Phi) is 3.65. The predicted octanol–water partition coefficient (Wildman–Crippen LogP) is 3.70. The minimum absolute atomic E-state index is 0.118. The molecule has 25 heavy (non-hydrogen) atoms. The number of fused-ring (bicyclic) bond motifs is 2. The van der Waals surface area contributed by atoms with Crippen molar-refractivity contribution in [1.29, 1.82) is 0 Å². The van der Waals surface area contributed by atoms with Crippen molar-refractivity contribution in [1.82, 2.24) is 9.97 Å². The molecule has 3 heterocycles. The van der Waals surface area contributed by atoms with Gasteiger partial charge in [-0.1, -0.05) is 18.2 Å². The zero-order valence-corrected chi connectivity index (χ0v) is 14.4. The number of benzene rings is 1. The molecule has 0 saturated carbocycles. The van der Waals surface area contributed by atoms with Crippen LogP contribution in [0.2, 0.25) is 0 Å². The van der Waals surface area contributed by atoms with Crippen molar-refractivity contribution < 1.29 is 13.9 Å². The second-order valence-corrected chi connectivity index (χ2v) is 6.90. The Morgan fingerprint density at radius 2 is 2.12 bits per heavy atom. The molecule has 6 nitrogen and oxygen atoms in total. The monoisotopic (exact) mass is 354 g/mol. The number of carbonyl (C=O) groups excluding carboxylic acids is 1. The van der Waals surface area contributed by atoms with Gasteiger partial charge < -0.3 is 14.1 Å². The van der Waals surface area contributed by atoms with Crippen LogP contribution in [0.1, 0.15) is 26.8 Å². The molecular formula is C18H14N2O4S. The molecule has 4 aromatic rings. The molecule has 0 aliphatic carbocycles. The summed E-state index contributed by atoms with van der Waals surface area (Å²) in [6, 6.07) is 8.95. The van der Waals surface area contributed by atoms with Crippen molar-refractivity contribution >= 4 is 38.5 Å². The summed E-state index contributed by atoms with van der Waals surface area (Å²) in [5.41, 5.74) is 1.33. The third-order valence-electron chi connectivity index (χ3n) is 4.05. The van der Waals surface area contributed by atoms with Crippen LogP contribution in [0.5, 0.6) is 0 Å². The first kappa shape index (κ1) is 15.6. The van der Waals surface area contributed by atoms with Crippen LogP contribution in [0.4, 0.5) is 0 Å². The summed E-state index contributed by atoms with van der Waals surface area (Å²) >= 11 is 1.45. The van der Waals surface area contributed by atoms with Crippen LogP contribution in [0.15, 0.2) is 39.5 Å². The fourth-order valence-corrected chi connectivity index (χ4v) is 3.70. The Bertz CT molecular complexity index is 1140. The van der Waals surface area contributed by atoms with Crippen LogP contribution >= 0.6 is 11.3 Å². The summed E-state index contributed by atoms with van der Waals surface area (Å²) in [6.07, 6.45) is 0. The van der Waals surface area contributed by atoms with E-state index in [4.69, 9.17) is 9.15 Å². The van der Waals surface area contributed by atoms with E-state index in [1.54, 1.807) is 12.1 Å². The van der Waals surface area contributed by atoms with Gasteiger partial charge in [0.1, 0.15) is 22.8 Å². The van der Waals surface area contributed by atoms with Gasteiger partial charge >= 0.3 is 5.97 Å². The van der Waals surface area contributed by atoms with Crippen molar-refractivity contribution in [3.05, 3.63) is 62.7 Å². The Balaban J connectivity index is 1.57. The van der Waals surface area contributed by atoms with E-state index in [2.05, 4.69) is 9.97 Å². The highest BCUT2D eigenvalue weighted by molar-refractivity contribution is 7.18. The van der Waals surface area contributed by atoms with Gasteiger partial charge in [0.2, 0.25) is 5.76 Å². The first-order chi connectivity index (χ1) is 12.0. The molecule has 1 N–H and O–H groups in total. The molecule has 0 bridgehead atoms. The Morgan fingerprint density at radius 3 is 2.92 bits per heavy atom. The SMILES string of the molecule is Cc1sc2nc(COC(=O)c3cc4ccccc4o3)[nH]c(=O)c2c1C. The summed E-state index contributed by atoms with van der Waals surface area (Å²) in [7, 11) is 0. The van der Waals surface area contributed by atoms with Gasteiger partial charge in [0.05, 0.1) is 5.39 Å². The molecule has 0 radical (unpaired) electrons. The van der Waals surface area contributed by atoms with Gasteiger partial charge in [-0.3, -0.25) is 4.79 Å². The van der Waals surface area contributed by atoms with E-state index in [9.17, 15) is 9.59 Å². The number of hydrogen-bond donors (Lipinski definition) is 1. The molecule has 0 unspecified atom stereocenters. The van der Waals surface area contributed by atoms with Gasteiger partial charge in [0.25, 0.3) is 5.56 Å². The van der Waals surface area contributed by atoms with Gasteiger partial charge in [-0.15, -0.1) is 11.3 Å². The Hall–Kier alpha value is -2.93. The number of hydrogen-bond acceptors (Lipinski definition) is 6. The van der Waals surface area contributed by atoms with Crippen molar-refractivity contribution in [2.45, 2.75) is 20.5 Å². The number of carbonyl (C=O) groups is 1. The number of thiophene rings is 1. The minimum Gasteiger partial charge on any atom is -0.452 e. The zero-order valence-electron chi connectivity index (χ0n) is 13.6. The van der Waals surface area contributed by atoms with Crippen molar-refractivity contribution in [2.24, 2.45) is 0 Å². The van der Waals surface area contributed by atoms with Crippen molar-refractivity contribution in [3.63, 3.8) is 0 Å². The van der Waals surface area contributed by atoms with Crippen LogP contribution in [0, 0.1) is 13.8 Å². The molecule has 1 aromatic carbocycles. The summed E-state index contributed by atoms with van der Waals surface area (Å²) in [5, 5.41) is 1.42. The van der Waals surface area contributed by atoms with Crippen molar-refractivity contribution in [2.75, 3.05) is 0 Å². The average Bonchev–Trinajstić information content (AvgIpc) is 3.14. The number of esters is 1. The Morgan fingerprint density at radius 1 is 1.32 bits per heavy atom. The number of nitrogens with one attached hydrogen (secondary N) is 1. The van der Waals surface area contributed by atoms with Gasteiger partial charge in [0.15, 0.2) is 0 Å². The maximum atomic E-state index is 12.2. The van der Waals surface area contributed by atoms with E-state index in [-0.39, 0.29) is 17.9 Å². The first-order valence-electron chi connectivity index (χ1n) is 7.67. The second-order valence-electron chi connectivity index (χ2n) is 5.70. The van der Waals surface area contributed by atoms with E-state index in [0.717, 1.165) is 15.8 Å². The highest BCUT2D eigenvalue weighted by Crippen LogP contribution is 2.26. The van der Waals surface area contributed by atoms with Crippen LogP contribution < -0.4 is 5.56 Å². The molecule has 0 saturated heterocycles. The van der Waals surface area contributed by atoms with Crippen LogP contribution in [-0.2, 0) is 11.3 Å². The topological polar surface area (TPSA) is 85.2 Å². The standard InChI is InChI=1S/C18H14N2O4S/c1-9-10(2)25-17-15(9)16(21)19-14(20-17)8-23-18(22)13-7-11-5-3-4-6-12(11)24-13/h3-7H,8H2,1-2H3,(H,19,20,21). The molecule has 126 valence electrons. The van der Waals surface area contributed by atoms with E-state index in [0.29, 0.717) is 21.6 Å². The van der Waals surface area contributed by atoms with Crippen molar-refractivity contribution in [3.8, 4) is 0 Å². The minimum atomic E-state index is -0.600. The molecule has 7 heteroatoms. The van der Waals surface area contributed by atoms with E-state index in [1.165, 1.54) is 11.3 Å². The highest BCUT2D eigenvalue weighted by atomic mass is 32.1. The lowest BCUT2D eigenvalue weighted by atomic mass is 10.2. The largest absolute Gasteiger partial charge is 0.452 e. The summed E-state index contributed by atoms with van der Waals surface area (Å²) in [5.74, 6) is -0.173. The number of aromatic nitrogens is 2. The summed E-state index contributed by atoms with van der Waals surface area (Å²) in [4.78, 5) is 33.1. The van der Waals surface area contributed by atoms with E-state index >= 15 is 0 Å². The maximum absolute atomic E-state index is 12.2. The number of H-pyrrole nitrogens is 1. The fourth-order valence-electron chi connectivity index (χ4n) is 2.66. The third-order valence-corrected chi connectivity index (χ3v) is 5.16. The number of nitrogens with zero attached hydrogens (tertiary/aromatic N) is 1. The maximum Gasteiger partial charge on any atom is 0.374 e. The lowest BCUT2D eigenvalue weighted by Crippen LogP contribution is -2.14. The number of rotatable bonds is 3. The molecule has 3 aromatic heterocycles. The van der Waals surface area contributed by atoms with Gasteiger partial charge in [-0.25, -0.2) is 9.78 Å². The van der Waals surface area contributed by atoms with Gasteiger partial charge in [-0.05, 0) is 31.5 Å². The fraction of sp³-hybridized carbons (Fsp3) is 0.167. The zero-order chi connectivity index (χ0) is 17.6. The van der Waals surface area contributed by atoms with Crippen LogP contribution in [0.3, 0.4) is 0 Å². The average molecular weight is 354 g/mol. The summed E-state index contributed by atoms with van der Waals surface area (Å²) < 4.78 is 10.7. The first-order valence-corrected chi connectivity index (χ1v) is 8.49. The highest BCUT2D eigenvalue weighted by Gasteiger charge is 2.16. The van der Waals surface area contributed by atoms with Gasteiger partial charge in [-0.2, -0.15) is 0 Å². The molecular weight excluding hydrogens is 340 g/mol. The van der Waals surface area contributed by atoms with Crippen LogP contribution in [-0.4, -0.2) is 15.9 Å². The second kappa shape index (κ2) is 5.86. The lowest BCUT2D eigenvalue weighted by Gasteiger charge is -2.02. The molecule has 0 spiro atoms. The molecule has 0 aliphatic rings. The molecule has 0 fully saturated rings. The normalized spacial score (nSPS) is 11.3. The molecule has 0 atom stereocenters. The molecule has 0 aliphatic heterocycles. The lowest BCUT2D eigenvalue weighted by molar-refractivity contribution is 0.0428. The third kappa shape index (κ3) is 2.72. The Labute approximate surface area is 146 Å². The number of para-hydroxylation sites is 1. The number of furan rings is 1. The summed E-state index contributed by atoms with van der Waals surface area (Å²) in [6.45, 7) is 3.71. The smallest absolute Gasteiger partial charge is 0.374 e. The number of ether oxygens (including phenoxy) is 1.